The Morgan fingerprint density at radius 3 is 2.19 bits per heavy atom. The average Bonchev–Trinajstić information content (AvgIpc) is 2.18. The van der Waals surface area contributed by atoms with Crippen molar-refractivity contribution in [2.24, 2.45) is 5.73 Å². The molecule has 0 aromatic heterocycles. The van der Waals surface area contributed by atoms with E-state index < -0.39 is 28.9 Å². The molecule has 0 saturated heterocycles. The molecular weight excluding hydrogens is 249 g/mol. The topological polar surface area (TPSA) is 26.0 Å². The molecule has 1 aromatic rings. The molecule has 0 amide bonds. The Labute approximate surface area is 93.2 Å². The van der Waals surface area contributed by atoms with Crippen LogP contribution in [0.3, 0.4) is 0 Å². The van der Waals surface area contributed by atoms with Crippen LogP contribution in [0, 0.1) is 11.6 Å². The van der Waals surface area contributed by atoms with E-state index in [1.54, 1.807) is 0 Å². The van der Waals surface area contributed by atoms with Gasteiger partial charge in [0.1, 0.15) is 11.6 Å². The molecule has 0 fully saturated rings. The monoisotopic (exact) mass is 255 g/mol. The molecule has 7 heteroatoms. The van der Waals surface area contributed by atoms with Gasteiger partial charge in [-0.2, -0.15) is 13.2 Å². The second-order valence-electron chi connectivity index (χ2n) is 2.89. The van der Waals surface area contributed by atoms with Gasteiger partial charge in [-0.15, -0.1) is 12.6 Å². The van der Waals surface area contributed by atoms with Gasteiger partial charge in [-0.05, 0) is 17.5 Å². The average molecular weight is 255 g/mol. The van der Waals surface area contributed by atoms with Crippen molar-refractivity contribution in [1.29, 1.82) is 0 Å². The van der Waals surface area contributed by atoms with E-state index in [0.29, 0.717) is 6.07 Å². The van der Waals surface area contributed by atoms with Gasteiger partial charge in [-0.25, -0.2) is 8.78 Å². The molecule has 0 bridgehead atoms. The van der Waals surface area contributed by atoms with Crippen molar-refractivity contribution in [3.63, 3.8) is 0 Å². The third-order valence-corrected chi connectivity index (χ3v) is 2.09. The highest BCUT2D eigenvalue weighted by molar-refractivity contribution is 7.83. The SMILES string of the molecule is N/C(=C\S)c1cc(F)c(C(F)(F)F)cc1F. The Kier molecular flexibility index (Phi) is 3.47. The first-order chi connectivity index (χ1) is 7.27. The zero-order valence-corrected chi connectivity index (χ0v) is 8.54. The summed E-state index contributed by atoms with van der Waals surface area (Å²) in [5, 5.41) is 0.963. The van der Waals surface area contributed by atoms with Gasteiger partial charge < -0.3 is 5.73 Å². The predicted octanol–water partition coefficient (Wildman–Crippen LogP) is 3.17. The first kappa shape index (κ1) is 12.8. The summed E-state index contributed by atoms with van der Waals surface area (Å²) in [6.45, 7) is 0. The summed E-state index contributed by atoms with van der Waals surface area (Å²) in [5.74, 6) is -2.83. The summed E-state index contributed by atoms with van der Waals surface area (Å²) >= 11 is 3.59. The van der Waals surface area contributed by atoms with E-state index in [-0.39, 0.29) is 11.8 Å². The standard InChI is InChI=1S/C9H6F5NS/c10-6-2-5(9(12,13)14)7(11)1-4(6)8(15)3-16/h1-3,16H,15H2/b8-3-. The molecule has 0 saturated carbocycles. The first-order valence-electron chi connectivity index (χ1n) is 3.94. The summed E-state index contributed by atoms with van der Waals surface area (Å²) in [6, 6.07) is 0.453. The van der Waals surface area contributed by atoms with Crippen LogP contribution in [0.25, 0.3) is 5.70 Å². The molecule has 1 aromatic carbocycles. The zero-order valence-electron chi connectivity index (χ0n) is 7.65. The highest BCUT2D eigenvalue weighted by atomic mass is 32.1. The minimum atomic E-state index is -4.94. The van der Waals surface area contributed by atoms with Crippen molar-refractivity contribution in [2.45, 2.75) is 6.18 Å². The van der Waals surface area contributed by atoms with Gasteiger partial charge in [0, 0.05) is 11.3 Å². The predicted molar refractivity (Wildman–Crippen MR) is 52.5 cm³/mol. The van der Waals surface area contributed by atoms with E-state index in [4.69, 9.17) is 5.73 Å². The maximum Gasteiger partial charge on any atom is 0.419 e. The Balaban J connectivity index is 3.39. The van der Waals surface area contributed by atoms with Crippen LogP contribution in [0.15, 0.2) is 17.5 Å². The van der Waals surface area contributed by atoms with E-state index >= 15 is 0 Å². The van der Waals surface area contributed by atoms with Crippen LogP contribution in [0.5, 0.6) is 0 Å². The second-order valence-corrected chi connectivity index (χ2v) is 3.15. The highest BCUT2D eigenvalue weighted by Gasteiger charge is 2.35. The van der Waals surface area contributed by atoms with Crippen molar-refractivity contribution in [2.75, 3.05) is 0 Å². The first-order valence-corrected chi connectivity index (χ1v) is 4.45. The van der Waals surface area contributed by atoms with Gasteiger partial charge in [-0.3, -0.25) is 0 Å². The summed E-state index contributed by atoms with van der Waals surface area (Å²) in [7, 11) is 0. The lowest BCUT2D eigenvalue weighted by Gasteiger charge is -2.10. The number of hydrogen-bond acceptors (Lipinski definition) is 2. The molecule has 0 unspecified atom stereocenters. The largest absolute Gasteiger partial charge is 0.419 e. The molecule has 0 aliphatic carbocycles. The van der Waals surface area contributed by atoms with Crippen molar-refractivity contribution < 1.29 is 22.0 Å². The highest BCUT2D eigenvalue weighted by Crippen LogP contribution is 2.33. The van der Waals surface area contributed by atoms with Gasteiger partial charge in [0.25, 0.3) is 0 Å². The van der Waals surface area contributed by atoms with E-state index in [1.165, 1.54) is 0 Å². The maximum absolute atomic E-state index is 13.2. The summed E-state index contributed by atoms with van der Waals surface area (Å²) in [6.07, 6.45) is -4.94. The molecule has 0 heterocycles. The lowest BCUT2D eigenvalue weighted by Crippen LogP contribution is -2.11. The van der Waals surface area contributed by atoms with Gasteiger partial charge >= 0.3 is 6.18 Å². The molecule has 16 heavy (non-hydrogen) atoms. The number of hydrogen-bond donors (Lipinski definition) is 2. The minimum absolute atomic E-state index is 0.0643. The molecule has 88 valence electrons. The van der Waals surface area contributed by atoms with Crippen molar-refractivity contribution in [3.05, 3.63) is 40.3 Å². The van der Waals surface area contributed by atoms with Crippen molar-refractivity contribution >= 4 is 18.3 Å². The Hall–Kier alpha value is -1.24. The Morgan fingerprint density at radius 1 is 1.19 bits per heavy atom. The number of nitrogens with two attached hydrogens (primary N) is 1. The summed E-state index contributed by atoms with van der Waals surface area (Å²) in [5.41, 5.74) is 2.84. The fourth-order valence-electron chi connectivity index (χ4n) is 1.05. The van der Waals surface area contributed by atoms with Crippen LogP contribution >= 0.6 is 12.6 Å². The Bertz CT molecular complexity index is 438. The minimum Gasteiger partial charge on any atom is -0.398 e. The zero-order chi connectivity index (χ0) is 12.5. The molecule has 1 nitrogen and oxygen atoms in total. The fourth-order valence-corrected chi connectivity index (χ4v) is 1.19. The molecule has 0 aliphatic heterocycles. The van der Waals surface area contributed by atoms with Crippen LogP contribution in [0.1, 0.15) is 11.1 Å². The van der Waals surface area contributed by atoms with E-state index in [2.05, 4.69) is 12.6 Å². The third kappa shape index (κ3) is 2.46. The third-order valence-electron chi connectivity index (χ3n) is 1.81. The number of alkyl halides is 3. The number of rotatable bonds is 1. The van der Waals surface area contributed by atoms with Crippen molar-refractivity contribution in [3.8, 4) is 0 Å². The van der Waals surface area contributed by atoms with Crippen LogP contribution in [-0.2, 0) is 6.18 Å². The van der Waals surface area contributed by atoms with E-state index in [0.717, 1.165) is 5.41 Å². The van der Waals surface area contributed by atoms with Gasteiger partial charge in [0.05, 0.1) is 5.56 Å². The quantitative estimate of drug-likeness (QED) is 0.585. The number of halogens is 5. The van der Waals surface area contributed by atoms with Crippen LogP contribution in [0.4, 0.5) is 22.0 Å². The van der Waals surface area contributed by atoms with Crippen LogP contribution in [0.2, 0.25) is 0 Å². The second kappa shape index (κ2) is 4.32. The van der Waals surface area contributed by atoms with Gasteiger partial charge in [0.2, 0.25) is 0 Å². The number of benzene rings is 1. The van der Waals surface area contributed by atoms with Crippen LogP contribution < -0.4 is 5.73 Å². The molecule has 0 spiro atoms. The molecule has 0 radical (unpaired) electrons. The molecule has 0 aliphatic rings. The molecule has 0 atom stereocenters. The summed E-state index contributed by atoms with van der Waals surface area (Å²) < 4.78 is 62.7. The van der Waals surface area contributed by atoms with E-state index in [1.807, 2.05) is 0 Å². The van der Waals surface area contributed by atoms with E-state index in [9.17, 15) is 22.0 Å². The molecule has 2 N–H and O–H groups in total. The molecular formula is C9H6F5NS. The van der Waals surface area contributed by atoms with Gasteiger partial charge in [0.15, 0.2) is 0 Å². The van der Waals surface area contributed by atoms with Crippen LogP contribution in [-0.4, -0.2) is 0 Å². The lowest BCUT2D eigenvalue weighted by atomic mass is 10.1. The lowest BCUT2D eigenvalue weighted by molar-refractivity contribution is -0.140. The smallest absolute Gasteiger partial charge is 0.398 e. The maximum atomic E-state index is 13.2. The van der Waals surface area contributed by atoms with Crippen molar-refractivity contribution in [1.82, 2.24) is 0 Å². The fraction of sp³-hybridized carbons (Fsp3) is 0.111. The summed E-state index contributed by atoms with van der Waals surface area (Å²) in [4.78, 5) is 0. The molecule has 1 rings (SSSR count). The normalized spacial score (nSPS) is 13.0. The van der Waals surface area contributed by atoms with Gasteiger partial charge in [-0.1, -0.05) is 0 Å². The number of thiol groups is 1. The Morgan fingerprint density at radius 2 is 1.75 bits per heavy atom.